The number of hydrogen-bond donors (Lipinski definition) is 1. The zero-order valence-corrected chi connectivity index (χ0v) is 11.4. The van der Waals surface area contributed by atoms with Crippen LogP contribution in [0.1, 0.15) is 6.42 Å². The average molecular weight is 255 g/mol. The van der Waals surface area contributed by atoms with E-state index in [4.69, 9.17) is 9.47 Å². The summed E-state index contributed by atoms with van der Waals surface area (Å²) in [4.78, 5) is 1.29. The van der Waals surface area contributed by atoms with Gasteiger partial charge in [0.05, 0.1) is 13.2 Å². The van der Waals surface area contributed by atoms with Gasteiger partial charge in [-0.1, -0.05) is 12.1 Å². The van der Waals surface area contributed by atoms with Crippen LogP contribution in [0.3, 0.4) is 0 Å². The van der Waals surface area contributed by atoms with Crippen molar-refractivity contribution in [1.29, 1.82) is 0 Å². The highest BCUT2D eigenvalue weighted by atomic mass is 32.2. The molecule has 0 spiro atoms. The molecule has 0 aliphatic carbocycles. The standard InChI is InChI=1S/C13H21NO2S/c1-15-10-11-16-9-5-8-14-12-6-3-4-7-13(12)17-2/h3-4,6-7,14H,5,8-11H2,1-2H3. The van der Waals surface area contributed by atoms with Crippen LogP contribution < -0.4 is 5.32 Å². The molecular formula is C13H21NO2S. The second-order valence-electron chi connectivity index (χ2n) is 3.59. The van der Waals surface area contributed by atoms with Crippen LogP contribution in [0.5, 0.6) is 0 Å². The summed E-state index contributed by atoms with van der Waals surface area (Å²) in [6.07, 6.45) is 3.10. The molecule has 0 bridgehead atoms. The van der Waals surface area contributed by atoms with Gasteiger partial charge in [-0.15, -0.1) is 11.8 Å². The summed E-state index contributed by atoms with van der Waals surface area (Å²) in [5.41, 5.74) is 1.21. The first-order chi connectivity index (χ1) is 8.38. The van der Waals surface area contributed by atoms with Gasteiger partial charge in [-0.25, -0.2) is 0 Å². The molecule has 0 aliphatic heterocycles. The number of ether oxygens (including phenoxy) is 2. The van der Waals surface area contributed by atoms with E-state index in [0.717, 1.165) is 19.6 Å². The van der Waals surface area contributed by atoms with Gasteiger partial charge in [0.25, 0.3) is 0 Å². The Morgan fingerprint density at radius 1 is 1.18 bits per heavy atom. The molecule has 0 amide bonds. The van der Waals surface area contributed by atoms with Gasteiger partial charge in [-0.2, -0.15) is 0 Å². The maximum atomic E-state index is 5.40. The lowest BCUT2D eigenvalue weighted by Crippen LogP contribution is -2.08. The number of para-hydroxylation sites is 1. The zero-order valence-electron chi connectivity index (χ0n) is 10.6. The van der Waals surface area contributed by atoms with Crippen molar-refractivity contribution in [2.45, 2.75) is 11.3 Å². The van der Waals surface area contributed by atoms with Crippen LogP contribution in [0, 0.1) is 0 Å². The Balaban J connectivity index is 2.13. The highest BCUT2D eigenvalue weighted by molar-refractivity contribution is 7.98. The van der Waals surface area contributed by atoms with Crippen LogP contribution in [-0.4, -0.2) is 39.7 Å². The SMILES string of the molecule is COCCOCCCNc1ccccc1SC. The van der Waals surface area contributed by atoms with Crippen molar-refractivity contribution in [1.82, 2.24) is 0 Å². The molecule has 3 nitrogen and oxygen atoms in total. The minimum Gasteiger partial charge on any atom is -0.384 e. The quantitative estimate of drug-likeness (QED) is 0.543. The molecule has 1 aromatic carbocycles. The van der Waals surface area contributed by atoms with Gasteiger partial charge in [-0.3, -0.25) is 0 Å². The number of thioether (sulfide) groups is 1. The predicted molar refractivity (Wildman–Crippen MR) is 74.0 cm³/mol. The first-order valence-corrected chi connectivity index (χ1v) is 7.04. The minimum atomic E-state index is 0.669. The number of nitrogens with one attached hydrogen (secondary N) is 1. The topological polar surface area (TPSA) is 30.5 Å². The van der Waals surface area contributed by atoms with E-state index < -0.39 is 0 Å². The lowest BCUT2D eigenvalue weighted by molar-refractivity contribution is 0.0705. The average Bonchev–Trinajstić information content (AvgIpc) is 2.38. The Bertz CT molecular complexity index is 307. The first-order valence-electron chi connectivity index (χ1n) is 5.82. The predicted octanol–water partition coefficient (Wildman–Crippen LogP) is 2.87. The summed E-state index contributed by atoms with van der Waals surface area (Å²) in [7, 11) is 1.68. The van der Waals surface area contributed by atoms with E-state index in [0.29, 0.717) is 13.2 Å². The van der Waals surface area contributed by atoms with E-state index in [1.54, 1.807) is 18.9 Å². The molecule has 1 N–H and O–H groups in total. The Kier molecular flexibility index (Phi) is 7.88. The minimum absolute atomic E-state index is 0.669. The Hall–Kier alpha value is -0.710. The summed E-state index contributed by atoms with van der Waals surface area (Å²) in [5.74, 6) is 0. The van der Waals surface area contributed by atoms with Crippen molar-refractivity contribution >= 4 is 17.4 Å². The van der Waals surface area contributed by atoms with Crippen LogP contribution >= 0.6 is 11.8 Å². The summed E-state index contributed by atoms with van der Waals surface area (Å²) in [5, 5.41) is 3.42. The molecule has 17 heavy (non-hydrogen) atoms. The monoisotopic (exact) mass is 255 g/mol. The molecule has 0 atom stereocenters. The largest absolute Gasteiger partial charge is 0.384 e. The molecule has 0 heterocycles. The van der Waals surface area contributed by atoms with Crippen molar-refractivity contribution in [3.63, 3.8) is 0 Å². The zero-order chi connectivity index (χ0) is 12.3. The molecule has 96 valence electrons. The number of rotatable bonds is 9. The molecule has 0 aliphatic rings. The number of methoxy groups -OCH3 is 1. The lowest BCUT2D eigenvalue weighted by Gasteiger charge is -2.10. The van der Waals surface area contributed by atoms with E-state index in [-0.39, 0.29) is 0 Å². The fraction of sp³-hybridized carbons (Fsp3) is 0.538. The van der Waals surface area contributed by atoms with Gasteiger partial charge < -0.3 is 14.8 Å². The number of benzene rings is 1. The lowest BCUT2D eigenvalue weighted by atomic mass is 10.3. The van der Waals surface area contributed by atoms with Crippen molar-refractivity contribution in [3.05, 3.63) is 24.3 Å². The van der Waals surface area contributed by atoms with Crippen LogP contribution in [0.25, 0.3) is 0 Å². The third-order valence-corrected chi connectivity index (χ3v) is 3.12. The molecule has 0 fully saturated rings. The van der Waals surface area contributed by atoms with E-state index in [1.807, 2.05) is 0 Å². The fourth-order valence-corrected chi connectivity index (χ4v) is 2.01. The van der Waals surface area contributed by atoms with Gasteiger partial charge in [0.2, 0.25) is 0 Å². The molecule has 0 saturated carbocycles. The summed E-state index contributed by atoms with van der Waals surface area (Å²) in [6.45, 7) is 3.06. The van der Waals surface area contributed by atoms with Gasteiger partial charge in [0.15, 0.2) is 0 Å². The first kappa shape index (κ1) is 14.4. The highest BCUT2D eigenvalue weighted by Crippen LogP contribution is 2.24. The second-order valence-corrected chi connectivity index (χ2v) is 4.43. The molecule has 0 radical (unpaired) electrons. The third-order valence-electron chi connectivity index (χ3n) is 2.32. The fourth-order valence-electron chi connectivity index (χ4n) is 1.43. The molecule has 0 unspecified atom stereocenters. The van der Waals surface area contributed by atoms with E-state index >= 15 is 0 Å². The summed E-state index contributed by atoms with van der Waals surface area (Å²) >= 11 is 1.76. The van der Waals surface area contributed by atoms with Crippen molar-refractivity contribution in [3.8, 4) is 0 Å². The Morgan fingerprint density at radius 3 is 2.76 bits per heavy atom. The molecule has 1 rings (SSSR count). The van der Waals surface area contributed by atoms with E-state index in [1.165, 1.54) is 10.6 Å². The van der Waals surface area contributed by atoms with Crippen LogP contribution in [-0.2, 0) is 9.47 Å². The highest BCUT2D eigenvalue weighted by Gasteiger charge is 1.98. The van der Waals surface area contributed by atoms with Crippen molar-refractivity contribution in [2.24, 2.45) is 0 Å². The summed E-state index contributed by atoms with van der Waals surface area (Å²) in [6, 6.07) is 8.35. The molecule has 4 heteroatoms. The van der Waals surface area contributed by atoms with Gasteiger partial charge in [0, 0.05) is 30.8 Å². The van der Waals surface area contributed by atoms with Crippen LogP contribution in [0.2, 0.25) is 0 Å². The van der Waals surface area contributed by atoms with Gasteiger partial charge in [-0.05, 0) is 24.8 Å². The Morgan fingerprint density at radius 2 is 2.00 bits per heavy atom. The van der Waals surface area contributed by atoms with Crippen molar-refractivity contribution < 1.29 is 9.47 Å². The number of anilines is 1. The molecular weight excluding hydrogens is 234 g/mol. The van der Waals surface area contributed by atoms with E-state index in [2.05, 4.69) is 35.8 Å². The van der Waals surface area contributed by atoms with Gasteiger partial charge >= 0.3 is 0 Å². The Labute approximate surface area is 108 Å². The van der Waals surface area contributed by atoms with Crippen molar-refractivity contribution in [2.75, 3.05) is 45.0 Å². The normalized spacial score (nSPS) is 10.5. The molecule has 1 aromatic rings. The maximum absolute atomic E-state index is 5.40. The van der Waals surface area contributed by atoms with Gasteiger partial charge in [0.1, 0.15) is 0 Å². The van der Waals surface area contributed by atoms with Crippen LogP contribution in [0.4, 0.5) is 5.69 Å². The maximum Gasteiger partial charge on any atom is 0.0700 e. The smallest absolute Gasteiger partial charge is 0.0700 e. The summed E-state index contributed by atoms with van der Waals surface area (Å²) < 4.78 is 10.3. The second kappa shape index (κ2) is 9.33. The third kappa shape index (κ3) is 5.96. The van der Waals surface area contributed by atoms with E-state index in [9.17, 15) is 0 Å². The molecule has 0 saturated heterocycles. The molecule has 0 aromatic heterocycles. The van der Waals surface area contributed by atoms with Crippen LogP contribution in [0.15, 0.2) is 29.2 Å². The number of hydrogen-bond acceptors (Lipinski definition) is 4.